The number of pyridine rings is 1. The molecular weight excluding hydrogens is 338 g/mol. The summed E-state index contributed by atoms with van der Waals surface area (Å²) in [5.74, 6) is 1.00. The van der Waals surface area contributed by atoms with E-state index < -0.39 is 0 Å². The second-order valence-electron chi connectivity index (χ2n) is 7.11. The van der Waals surface area contributed by atoms with Crippen LogP contribution in [0.2, 0.25) is 0 Å². The molecule has 6 heteroatoms. The third-order valence-corrected chi connectivity index (χ3v) is 5.23. The lowest BCUT2D eigenvalue weighted by Gasteiger charge is -2.27. The standard InChI is InChI=1S/C21H25N5O/c1-16(26-15-24-18-7-3-4-8-19(18)26)21(27)23-14-17-9-10-20(22-13-17)25-11-5-2-6-12-25/h3-4,7-10,13,15-16H,2,5-6,11-12,14H2,1H3,(H,23,27)/t16-/m1/s1. The molecule has 0 radical (unpaired) electrons. The van der Waals surface area contributed by atoms with Gasteiger partial charge in [0.15, 0.2) is 0 Å². The lowest BCUT2D eigenvalue weighted by molar-refractivity contribution is -0.123. The number of fused-ring (bicyclic) bond motifs is 1. The molecule has 2 aromatic heterocycles. The van der Waals surface area contributed by atoms with Crippen molar-refractivity contribution in [2.75, 3.05) is 18.0 Å². The number of rotatable bonds is 5. The number of nitrogens with one attached hydrogen (secondary N) is 1. The Labute approximate surface area is 159 Å². The van der Waals surface area contributed by atoms with Crippen molar-refractivity contribution in [2.24, 2.45) is 0 Å². The van der Waals surface area contributed by atoms with Crippen LogP contribution in [0.5, 0.6) is 0 Å². The van der Waals surface area contributed by atoms with Crippen LogP contribution in [0.4, 0.5) is 5.82 Å². The summed E-state index contributed by atoms with van der Waals surface area (Å²) in [5, 5.41) is 3.01. The average molecular weight is 363 g/mol. The van der Waals surface area contributed by atoms with Crippen LogP contribution < -0.4 is 10.2 Å². The summed E-state index contributed by atoms with van der Waals surface area (Å²) in [5.41, 5.74) is 2.87. The fraction of sp³-hybridized carbons (Fsp3) is 0.381. The lowest BCUT2D eigenvalue weighted by Crippen LogP contribution is -2.31. The molecule has 1 aliphatic rings. The van der Waals surface area contributed by atoms with Gasteiger partial charge in [-0.25, -0.2) is 9.97 Å². The summed E-state index contributed by atoms with van der Waals surface area (Å²) < 4.78 is 1.91. The first-order valence-corrected chi connectivity index (χ1v) is 9.61. The second kappa shape index (κ2) is 7.78. The maximum absolute atomic E-state index is 12.6. The van der Waals surface area contributed by atoms with Crippen molar-refractivity contribution < 1.29 is 4.79 Å². The number of hydrogen-bond donors (Lipinski definition) is 1. The first-order valence-electron chi connectivity index (χ1n) is 9.61. The molecule has 3 heterocycles. The summed E-state index contributed by atoms with van der Waals surface area (Å²) in [6, 6.07) is 11.6. The molecule has 1 aromatic carbocycles. The number of amides is 1. The van der Waals surface area contributed by atoms with Gasteiger partial charge in [-0.1, -0.05) is 18.2 Å². The Morgan fingerprint density at radius 1 is 1.11 bits per heavy atom. The summed E-state index contributed by atoms with van der Waals surface area (Å²) >= 11 is 0. The number of carbonyl (C=O) groups is 1. The zero-order valence-corrected chi connectivity index (χ0v) is 15.6. The number of benzene rings is 1. The summed E-state index contributed by atoms with van der Waals surface area (Å²) in [6.07, 6.45) is 7.37. The maximum Gasteiger partial charge on any atom is 0.243 e. The van der Waals surface area contributed by atoms with Gasteiger partial charge >= 0.3 is 0 Å². The highest BCUT2D eigenvalue weighted by Gasteiger charge is 2.17. The normalized spacial score (nSPS) is 15.7. The van der Waals surface area contributed by atoms with Gasteiger partial charge < -0.3 is 14.8 Å². The van der Waals surface area contributed by atoms with Crippen molar-refractivity contribution in [1.82, 2.24) is 19.9 Å². The van der Waals surface area contributed by atoms with Gasteiger partial charge in [0.2, 0.25) is 5.91 Å². The van der Waals surface area contributed by atoms with Gasteiger partial charge in [-0.15, -0.1) is 0 Å². The molecule has 0 aliphatic carbocycles. The zero-order valence-electron chi connectivity index (χ0n) is 15.6. The maximum atomic E-state index is 12.6. The minimum atomic E-state index is -0.321. The molecule has 140 valence electrons. The molecule has 3 aromatic rings. The van der Waals surface area contributed by atoms with E-state index in [2.05, 4.69) is 32.3 Å². The first kappa shape index (κ1) is 17.5. The monoisotopic (exact) mass is 363 g/mol. The van der Waals surface area contributed by atoms with Crippen molar-refractivity contribution in [3.8, 4) is 0 Å². The van der Waals surface area contributed by atoms with E-state index in [-0.39, 0.29) is 11.9 Å². The summed E-state index contributed by atoms with van der Waals surface area (Å²) in [7, 11) is 0. The molecule has 1 fully saturated rings. The van der Waals surface area contributed by atoms with E-state index in [1.807, 2.05) is 42.0 Å². The zero-order chi connectivity index (χ0) is 18.6. The summed E-state index contributed by atoms with van der Waals surface area (Å²) in [4.78, 5) is 23.9. The topological polar surface area (TPSA) is 63.1 Å². The molecule has 6 nitrogen and oxygen atoms in total. The lowest BCUT2D eigenvalue weighted by atomic mass is 10.1. The molecule has 1 atom stereocenters. The Morgan fingerprint density at radius 3 is 2.70 bits per heavy atom. The van der Waals surface area contributed by atoms with Gasteiger partial charge in [0.05, 0.1) is 17.4 Å². The summed E-state index contributed by atoms with van der Waals surface area (Å²) in [6.45, 7) is 4.53. The number of aromatic nitrogens is 3. The largest absolute Gasteiger partial charge is 0.357 e. The van der Waals surface area contributed by atoms with Gasteiger partial charge in [0.25, 0.3) is 0 Å². The third kappa shape index (κ3) is 3.79. The van der Waals surface area contributed by atoms with E-state index in [1.54, 1.807) is 6.33 Å². The number of anilines is 1. The molecule has 0 spiro atoms. The highest BCUT2D eigenvalue weighted by atomic mass is 16.2. The SMILES string of the molecule is C[C@H](C(=O)NCc1ccc(N2CCCCC2)nc1)n1cnc2ccccc21. The van der Waals surface area contributed by atoms with Gasteiger partial charge in [-0.3, -0.25) is 4.79 Å². The van der Waals surface area contributed by atoms with Crippen molar-refractivity contribution >= 4 is 22.8 Å². The molecule has 27 heavy (non-hydrogen) atoms. The van der Waals surface area contributed by atoms with Gasteiger partial charge in [0, 0.05) is 25.8 Å². The van der Waals surface area contributed by atoms with E-state index >= 15 is 0 Å². The predicted octanol–water partition coefficient (Wildman–Crippen LogP) is 3.30. The van der Waals surface area contributed by atoms with E-state index in [4.69, 9.17) is 0 Å². The van der Waals surface area contributed by atoms with Crippen LogP contribution in [-0.4, -0.2) is 33.5 Å². The van der Waals surface area contributed by atoms with Crippen LogP contribution in [0.3, 0.4) is 0 Å². The van der Waals surface area contributed by atoms with Gasteiger partial charge in [-0.2, -0.15) is 0 Å². The van der Waals surface area contributed by atoms with E-state index in [0.29, 0.717) is 6.54 Å². The van der Waals surface area contributed by atoms with Gasteiger partial charge in [-0.05, 0) is 49.9 Å². The van der Waals surface area contributed by atoms with E-state index in [0.717, 1.165) is 35.5 Å². The fourth-order valence-electron chi connectivity index (χ4n) is 3.58. The van der Waals surface area contributed by atoms with Crippen molar-refractivity contribution in [2.45, 2.75) is 38.8 Å². The number of imidazole rings is 1. The van der Waals surface area contributed by atoms with Crippen molar-refractivity contribution in [3.63, 3.8) is 0 Å². The van der Waals surface area contributed by atoms with Crippen LogP contribution in [-0.2, 0) is 11.3 Å². The molecule has 0 saturated carbocycles. The van der Waals surface area contributed by atoms with Crippen LogP contribution in [0.25, 0.3) is 11.0 Å². The highest BCUT2D eigenvalue weighted by Crippen LogP contribution is 2.19. The molecule has 1 N–H and O–H groups in total. The number of nitrogens with zero attached hydrogens (tertiary/aromatic N) is 4. The smallest absolute Gasteiger partial charge is 0.243 e. The Bertz CT molecular complexity index is 912. The Morgan fingerprint density at radius 2 is 1.93 bits per heavy atom. The first-order chi connectivity index (χ1) is 13.2. The molecule has 4 rings (SSSR count). The molecular formula is C21H25N5O. The molecule has 1 amide bonds. The van der Waals surface area contributed by atoms with Crippen LogP contribution in [0.1, 0.15) is 37.8 Å². The van der Waals surface area contributed by atoms with Gasteiger partial charge in [0.1, 0.15) is 11.9 Å². The third-order valence-electron chi connectivity index (χ3n) is 5.23. The number of piperidine rings is 1. The van der Waals surface area contributed by atoms with E-state index in [1.165, 1.54) is 19.3 Å². The Balaban J connectivity index is 1.37. The van der Waals surface area contributed by atoms with E-state index in [9.17, 15) is 4.79 Å². The van der Waals surface area contributed by atoms with Crippen LogP contribution in [0, 0.1) is 0 Å². The average Bonchev–Trinajstić information content (AvgIpc) is 3.16. The quantitative estimate of drug-likeness (QED) is 0.755. The van der Waals surface area contributed by atoms with Crippen LogP contribution >= 0.6 is 0 Å². The van der Waals surface area contributed by atoms with Crippen molar-refractivity contribution in [1.29, 1.82) is 0 Å². The predicted molar refractivity (Wildman–Crippen MR) is 107 cm³/mol. The van der Waals surface area contributed by atoms with Crippen LogP contribution in [0.15, 0.2) is 48.9 Å². The minimum absolute atomic E-state index is 0.0294. The second-order valence-corrected chi connectivity index (χ2v) is 7.11. The minimum Gasteiger partial charge on any atom is -0.357 e. The number of hydrogen-bond acceptors (Lipinski definition) is 4. The Kier molecular flexibility index (Phi) is 5.05. The molecule has 0 unspecified atom stereocenters. The van der Waals surface area contributed by atoms with Crippen molar-refractivity contribution in [3.05, 3.63) is 54.5 Å². The number of para-hydroxylation sites is 2. The molecule has 0 bridgehead atoms. The number of carbonyl (C=O) groups excluding carboxylic acids is 1. The molecule has 1 aliphatic heterocycles. The highest BCUT2D eigenvalue weighted by molar-refractivity contribution is 5.83. The Hall–Kier alpha value is -2.89. The molecule has 1 saturated heterocycles. The fourth-order valence-corrected chi connectivity index (χ4v) is 3.58.